The zero-order valence-corrected chi connectivity index (χ0v) is 13.9. The van der Waals surface area contributed by atoms with Crippen molar-refractivity contribution in [1.29, 1.82) is 0 Å². The molecule has 0 bridgehead atoms. The molecule has 6 nitrogen and oxygen atoms in total. The van der Waals surface area contributed by atoms with E-state index in [4.69, 9.17) is 4.74 Å². The second kappa shape index (κ2) is 6.80. The number of para-hydroxylation sites is 1. The topological polar surface area (TPSA) is 79.5 Å². The molecule has 7 heteroatoms. The third-order valence-corrected chi connectivity index (χ3v) is 3.56. The zero-order chi connectivity index (χ0) is 18.0. The number of ether oxygens (including phenoxy) is 1. The number of rotatable bonds is 4. The molecule has 2 amide bonds. The Kier molecular flexibility index (Phi) is 4.56. The Balaban J connectivity index is 1.89. The van der Waals surface area contributed by atoms with Crippen LogP contribution < -0.4 is 20.7 Å². The number of fused-ring (bicyclic) bond motifs is 1. The predicted octanol–water partition coefficient (Wildman–Crippen LogP) is 3.23. The molecule has 25 heavy (non-hydrogen) atoms. The molecule has 1 aliphatic rings. The van der Waals surface area contributed by atoms with Crippen molar-refractivity contribution >= 4 is 28.9 Å². The van der Waals surface area contributed by atoms with Crippen molar-refractivity contribution in [1.82, 2.24) is 0 Å². The fourth-order valence-electron chi connectivity index (χ4n) is 2.54. The Morgan fingerprint density at radius 3 is 2.80 bits per heavy atom. The van der Waals surface area contributed by atoms with E-state index in [9.17, 15) is 14.0 Å². The third-order valence-electron chi connectivity index (χ3n) is 3.56. The second-order valence-electron chi connectivity index (χ2n) is 5.96. The number of halogens is 1. The van der Waals surface area contributed by atoms with E-state index in [1.165, 1.54) is 18.2 Å². The van der Waals surface area contributed by atoms with Gasteiger partial charge >= 0.3 is 0 Å². The minimum absolute atomic E-state index is 0.0699. The van der Waals surface area contributed by atoms with Crippen molar-refractivity contribution in [2.24, 2.45) is 0 Å². The lowest BCUT2D eigenvalue weighted by molar-refractivity contribution is -0.118. The number of hydrogen-bond donors (Lipinski definition) is 3. The van der Waals surface area contributed by atoms with Gasteiger partial charge in [-0.1, -0.05) is 6.07 Å². The van der Waals surface area contributed by atoms with Crippen LogP contribution in [0.4, 0.5) is 21.5 Å². The minimum Gasteiger partial charge on any atom is -0.481 e. The van der Waals surface area contributed by atoms with Crippen LogP contribution in [0.2, 0.25) is 0 Å². The van der Waals surface area contributed by atoms with Gasteiger partial charge < -0.3 is 20.7 Å². The molecular formula is C18H18FN3O3. The number of carbonyl (C=O) groups is 2. The van der Waals surface area contributed by atoms with E-state index in [0.29, 0.717) is 22.8 Å². The number of benzene rings is 2. The summed E-state index contributed by atoms with van der Waals surface area (Å²) in [6.45, 7) is 3.69. The van der Waals surface area contributed by atoms with Crippen LogP contribution in [0, 0.1) is 5.82 Å². The van der Waals surface area contributed by atoms with E-state index in [0.717, 1.165) is 0 Å². The summed E-state index contributed by atoms with van der Waals surface area (Å²) in [5.41, 5.74) is 1.68. The van der Waals surface area contributed by atoms with Crippen LogP contribution in [0.5, 0.6) is 5.75 Å². The molecule has 0 saturated carbocycles. The van der Waals surface area contributed by atoms with Crippen molar-refractivity contribution in [3.63, 3.8) is 0 Å². The van der Waals surface area contributed by atoms with Crippen LogP contribution >= 0.6 is 0 Å². The zero-order valence-electron chi connectivity index (χ0n) is 13.9. The molecule has 0 fully saturated rings. The molecule has 1 heterocycles. The Morgan fingerprint density at radius 2 is 2.04 bits per heavy atom. The van der Waals surface area contributed by atoms with Gasteiger partial charge in [0.05, 0.1) is 22.6 Å². The number of hydrogen-bond acceptors (Lipinski definition) is 4. The van der Waals surface area contributed by atoms with Gasteiger partial charge in [-0.3, -0.25) is 9.59 Å². The van der Waals surface area contributed by atoms with E-state index in [1.54, 1.807) is 18.2 Å². The highest BCUT2D eigenvalue weighted by Crippen LogP contribution is 2.33. The summed E-state index contributed by atoms with van der Waals surface area (Å²) in [5, 5.41) is 8.51. The molecule has 0 aliphatic carbocycles. The SMILES string of the molecule is CC(C)Nc1cc(F)ccc1NC(=O)c1cccc2c1OCC(=O)N2. The van der Waals surface area contributed by atoms with Gasteiger partial charge in [0.25, 0.3) is 11.8 Å². The van der Waals surface area contributed by atoms with Crippen LogP contribution in [0.25, 0.3) is 0 Å². The van der Waals surface area contributed by atoms with Gasteiger partial charge in [-0.25, -0.2) is 4.39 Å². The molecule has 0 saturated heterocycles. The van der Waals surface area contributed by atoms with Gasteiger partial charge in [-0.05, 0) is 44.2 Å². The Morgan fingerprint density at radius 1 is 1.24 bits per heavy atom. The highest BCUT2D eigenvalue weighted by Gasteiger charge is 2.23. The molecule has 0 atom stereocenters. The lowest BCUT2D eigenvalue weighted by Crippen LogP contribution is -2.27. The predicted molar refractivity (Wildman–Crippen MR) is 93.7 cm³/mol. The summed E-state index contributed by atoms with van der Waals surface area (Å²) in [6.07, 6.45) is 0. The molecule has 130 valence electrons. The fraction of sp³-hybridized carbons (Fsp3) is 0.222. The first-order chi connectivity index (χ1) is 11.9. The summed E-state index contributed by atoms with van der Waals surface area (Å²) >= 11 is 0. The average Bonchev–Trinajstić information content (AvgIpc) is 2.56. The average molecular weight is 343 g/mol. The van der Waals surface area contributed by atoms with Gasteiger partial charge in [-0.2, -0.15) is 0 Å². The lowest BCUT2D eigenvalue weighted by atomic mass is 10.1. The van der Waals surface area contributed by atoms with E-state index in [2.05, 4.69) is 16.0 Å². The summed E-state index contributed by atoms with van der Waals surface area (Å²) in [5.74, 6) is -0.761. The first kappa shape index (κ1) is 16.8. The largest absolute Gasteiger partial charge is 0.481 e. The first-order valence-corrected chi connectivity index (χ1v) is 7.87. The van der Waals surface area contributed by atoms with E-state index in [1.807, 2.05) is 13.8 Å². The molecule has 1 aliphatic heterocycles. The van der Waals surface area contributed by atoms with Crippen LogP contribution in [0.3, 0.4) is 0 Å². The fourth-order valence-corrected chi connectivity index (χ4v) is 2.54. The van der Waals surface area contributed by atoms with Gasteiger partial charge in [0.15, 0.2) is 12.4 Å². The molecule has 0 spiro atoms. The Bertz CT molecular complexity index is 836. The minimum atomic E-state index is -0.411. The second-order valence-corrected chi connectivity index (χ2v) is 5.96. The van der Waals surface area contributed by atoms with Crippen molar-refractivity contribution in [3.8, 4) is 5.75 Å². The Labute approximate surface area is 144 Å². The van der Waals surface area contributed by atoms with Crippen molar-refractivity contribution in [2.45, 2.75) is 19.9 Å². The van der Waals surface area contributed by atoms with Crippen LogP contribution in [0.1, 0.15) is 24.2 Å². The standard InChI is InChI=1S/C18H18FN3O3/c1-10(2)20-15-8-11(19)6-7-13(15)22-18(24)12-4-3-5-14-17(12)25-9-16(23)21-14/h3-8,10,20H,9H2,1-2H3,(H,21,23)(H,22,24). The van der Waals surface area contributed by atoms with Crippen molar-refractivity contribution < 1.29 is 18.7 Å². The number of nitrogens with one attached hydrogen (secondary N) is 3. The molecule has 3 N–H and O–H groups in total. The quantitative estimate of drug-likeness (QED) is 0.796. The normalized spacial score (nSPS) is 12.9. The van der Waals surface area contributed by atoms with Crippen molar-refractivity contribution in [2.75, 3.05) is 22.6 Å². The first-order valence-electron chi connectivity index (χ1n) is 7.87. The maximum absolute atomic E-state index is 13.5. The highest BCUT2D eigenvalue weighted by molar-refractivity contribution is 6.10. The number of carbonyl (C=O) groups excluding carboxylic acids is 2. The van der Waals surface area contributed by atoms with Crippen LogP contribution in [0.15, 0.2) is 36.4 Å². The maximum Gasteiger partial charge on any atom is 0.262 e. The molecule has 0 radical (unpaired) electrons. The third kappa shape index (κ3) is 3.71. The van der Waals surface area contributed by atoms with E-state index in [-0.39, 0.29) is 24.1 Å². The van der Waals surface area contributed by atoms with Gasteiger partial charge in [0.2, 0.25) is 0 Å². The van der Waals surface area contributed by atoms with Gasteiger partial charge in [0.1, 0.15) is 5.82 Å². The molecule has 0 aromatic heterocycles. The van der Waals surface area contributed by atoms with E-state index >= 15 is 0 Å². The molecule has 2 aromatic rings. The summed E-state index contributed by atoms with van der Waals surface area (Å²) in [7, 11) is 0. The molecule has 0 unspecified atom stereocenters. The van der Waals surface area contributed by atoms with Gasteiger partial charge in [0, 0.05) is 6.04 Å². The maximum atomic E-state index is 13.5. The summed E-state index contributed by atoms with van der Waals surface area (Å²) in [4.78, 5) is 24.1. The molecule has 2 aromatic carbocycles. The van der Waals surface area contributed by atoms with Gasteiger partial charge in [-0.15, -0.1) is 0 Å². The van der Waals surface area contributed by atoms with Crippen molar-refractivity contribution in [3.05, 3.63) is 47.8 Å². The Hall–Kier alpha value is -3.09. The smallest absolute Gasteiger partial charge is 0.262 e. The number of anilines is 3. The summed E-state index contributed by atoms with van der Waals surface area (Å²) < 4.78 is 18.9. The molecular weight excluding hydrogens is 325 g/mol. The van der Waals surface area contributed by atoms with E-state index < -0.39 is 11.7 Å². The highest BCUT2D eigenvalue weighted by atomic mass is 19.1. The monoisotopic (exact) mass is 343 g/mol. The molecule has 3 rings (SSSR count). The van der Waals surface area contributed by atoms with Crippen LogP contribution in [-0.4, -0.2) is 24.5 Å². The lowest BCUT2D eigenvalue weighted by Gasteiger charge is -2.21. The van der Waals surface area contributed by atoms with Crippen LogP contribution in [-0.2, 0) is 4.79 Å². The number of amides is 2. The summed E-state index contributed by atoms with van der Waals surface area (Å²) in [6, 6.07) is 9.08.